The van der Waals surface area contributed by atoms with Crippen LogP contribution in [0.3, 0.4) is 0 Å². The topological polar surface area (TPSA) is 67.2 Å². The summed E-state index contributed by atoms with van der Waals surface area (Å²) in [5.74, 6) is -0.155. The smallest absolute Gasteiger partial charge is 0.336 e. The Hall–Kier alpha value is -2.30. The molecule has 0 aliphatic carbocycles. The standard InChI is InChI=1S/C15H19N3O2/c1-3-11(2)18-9-8-14(17-18)16-10-12-6-4-5-7-13(12)15(19)20/h4-9,11H,3,10H2,1-2H3,(H,16,17)(H,19,20)/t11-/m1/s1. The lowest BCUT2D eigenvalue weighted by Crippen LogP contribution is -2.08. The third kappa shape index (κ3) is 3.17. The highest BCUT2D eigenvalue weighted by molar-refractivity contribution is 5.89. The van der Waals surface area contributed by atoms with Crippen LogP contribution in [0.2, 0.25) is 0 Å². The molecule has 20 heavy (non-hydrogen) atoms. The molecule has 0 bridgehead atoms. The van der Waals surface area contributed by atoms with Gasteiger partial charge in [0.05, 0.1) is 5.56 Å². The maximum Gasteiger partial charge on any atom is 0.336 e. The van der Waals surface area contributed by atoms with E-state index in [0.717, 1.165) is 17.8 Å². The molecule has 1 heterocycles. The Morgan fingerprint density at radius 3 is 2.85 bits per heavy atom. The summed E-state index contributed by atoms with van der Waals surface area (Å²) in [5, 5.41) is 16.7. The zero-order valence-corrected chi connectivity index (χ0v) is 11.7. The van der Waals surface area contributed by atoms with Crippen LogP contribution < -0.4 is 5.32 Å². The molecule has 2 aromatic rings. The molecule has 5 heteroatoms. The van der Waals surface area contributed by atoms with Crippen LogP contribution in [0.1, 0.15) is 42.2 Å². The van der Waals surface area contributed by atoms with Gasteiger partial charge in [-0.2, -0.15) is 5.10 Å². The fourth-order valence-electron chi connectivity index (χ4n) is 1.93. The van der Waals surface area contributed by atoms with Crippen molar-refractivity contribution in [1.29, 1.82) is 0 Å². The Morgan fingerprint density at radius 2 is 2.15 bits per heavy atom. The van der Waals surface area contributed by atoms with Crippen molar-refractivity contribution in [2.45, 2.75) is 32.9 Å². The molecule has 0 aliphatic heterocycles. The molecule has 0 radical (unpaired) electrons. The molecule has 2 rings (SSSR count). The average Bonchev–Trinajstić information content (AvgIpc) is 2.93. The van der Waals surface area contributed by atoms with Gasteiger partial charge >= 0.3 is 5.97 Å². The Bertz CT molecular complexity index is 592. The maximum absolute atomic E-state index is 11.1. The van der Waals surface area contributed by atoms with E-state index in [1.54, 1.807) is 12.1 Å². The Kier molecular flexibility index (Phi) is 4.40. The van der Waals surface area contributed by atoms with Crippen LogP contribution in [0, 0.1) is 0 Å². The molecule has 1 aromatic heterocycles. The van der Waals surface area contributed by atoms with Crippen molar-refractivity contribution in [3.8, 4) is 0 Å². The van der Waals surface area contributed by atoms with Crippen molar-refractivity contribution < 1.29 is 9.90 Å². The number of anilines is 1. The highest BCUT2D eigenvalue weighted by atomic mass is 16.4. The van der Waals surface area contributed by atoms with Gasteiger partial charge in [0.1, 0.15) is 5.82 Å². The summed E-state index contributed by atoms with van der Waals surface area (Å²) in [6.45, 7) is 4.67. The van der Waals surface area contributed by atoms with Crippen LogP contribution in [0.5, 0.6) is 0 Å². The minimum Gasteiger partial charge on any atom is -0.478 e. The fourth-order valence-corrected chi connectivity index (χ4v) is 1.93. The van der Waals surface area contributed by atoms with Gasteiger partial charge in [-0.3, -0.25) is 4.68 Å². The average molecular weight is 273 g/mol. The Labute approximate surface area is 118 Å². The van der Waals surface area contributed by atoms with Crippen LogP contribution >= 0.6 is 0 Å². The van der Waals surface area contributed by atoms with E-state index in [1.807, 2.05) is 29.1 Å². The van der Waals surface area contributed by atoms with E-state index < -0.39 is 5.97 Å². The SMILES string of the molecule is CC[C@@H](C)n1ccc(NCc2ccccc2C(=O)O)n1. The second kappa shape index (κ2) is 6.23. The van der Waals surface area contributed by atoms with Gasteiger partial charge in [-0.1, -0.05) is 25.1 Å². The van der Waals surface area contributed by atoms with Crippen molar-refractivity contribution in [3.63, 3.8) is 0 Å². The van der Waals surface area contributed by atoms with Crippen molar-refractivity contribution in [2.75, 3.05) is 5.32 Å². The third-order valence-corrected chi connectivity index (χ3v) is 3.36. The number of hydrogen-bond donors (Lipinski definition) is 2. The molecule has 0 amide bonds. The van der Waals surface area contributed by atoms with E-state index in [4.69, 9.17) is 5.11 Å². The number of nitrogens with one attached hydrogen (secondary N) is 1. The van der Waals surface area contributed by atoms with E-state index in [2.05, 4.69) is 24.3 Å². The van der Waals surface area contributed by atoms with Crippen molar-refractivity contribution >= 4 is 11.8 Å². The number of carbonyl (C=O) groups is 1. The van der Waals surface area contributed by atoms with Crippen molar-refractivity contribution in [3.05, 3.63) is 47.7 Å². The zero-order chi connectivity index (χ0) is 14.5. The molecule has 0 unspecified atom stereocenters. The number of benzene rings is 1. The monoisotopic (exact) mass is 273 g/mol. The number of nitrogens with zero attached hydrogens (tertiary/aromatic N) is 2. The van der Waals surface area contributed by atoms with Crippen molar-refractivity contribution in [1.82, 2.24) is 9.78 Å². The summed E-state index contributed by atoms with van der Waals surface area (Å²) < 4.78 is 1.91. The van der Waals surface area contributed by atoms with Gasteiger partial charge < -0.3 is 10.4 Å². The number of hydrogen-bond acceptors (Lipinski definition) is 3. The molecule has 0 aliphatic rings. The predicted molar refractivity (Wildman–Crippen MR) is 78.0 cm³/mol. The second-order valence-corrected chi connectivity index (χ2v) is 4.75. The molecule has 1 aromatic carbocycles. The molecule has 0 saturated carbocycles. The Morgan fingerprint density at radius 1 is 1.40 bits per heavy atom. The first-order valence-corrected chi connectivity index (χ1v) is 6.72. The summed E-state index contributed by atoms with van der Waals surface area (Å²) >= 11 is 0. The minimum atomic E-state index is -0.910. The van der Waals surface area contributed by atoms with Gasteiger partial charge in [0.25, 0.3) is 0 Å². The number of rotatable bonds is 6. The maximum atomic E-state index is 11.1. The third-order valence-electron chi connectivity index (χ3n) is 3.36. The van der Waals surface area contributed by atoms with Gasteiger partial charge in [-0.05, 0) is 25.0 Å². The lowest BCUT2D eigenvalue weighted by molar-refractivity contribution is 0.0696. The molecule has 0 spiro atoms. The molecule has 1 atom stereocenters. The lowest BCUT2D eigenvalue weighted by Gasteiger charge is -2.09. The normalized spacial score (nSPS) is 12.1. The Balaban J connectivity index is 2.06. The van der Waals surface area contributed by atoms with E-state index >= 15 is 0 Å². The van der Waals surface area contributed by atoms with Crippen LogP contribution in [-0.2, 0) is 6.54 Å². The molecule has 106 valence electrons. The van der Waals surface area contributed by atoms with Crippen molar-refractivity contribution in [2.24, 2.45) is 0 Å². The summed E-state index contributed by atoms with van der Waals surface area (Å²) in [7, 11) is 0. The van der Waals surface area contributed by atoms with E-state index in [0.29, 0.717) is 18.2 Å². The first-order valence-electron chi connectivity index (χ1n) is 6.72. The predicted octanol–water partition coefficient (Wildman–Crippen LogP) is 3.16. The van der Waals surface area contributed by atoms with Gasteiger partial charge in [-0.25, -0.2) is 4.79 Å². The van der Waals surface area contributed by atoms with E-state index in [9.17, 15) is 4.79 Å². The molecular weight excluding hydrogens is 254 g/mol. The summed E-state index contributed by atoms with van der Waals surface area (Å²) in [5.41, 5.74) is 1.07. The van der Waals surface area contributed by atoms with Gasteiger partial charge in [0.2, 0.25) is 0 Å². The quantitative estimate of drug-likeness (QED) is 0.848. The lowest BCUT2D eigenvalue weighted by atomic mass is 10.1. The number of aromatic carboxylic acids is 1. The largest absolute Gasteiger partial charge is 0.478 e. The highest BCUT2D eigenvalue weighted by Gasteiger charge is 2.09. The van der Waals surface area contributed by atoms with Crippen LogP contribution in [0.15, 0.2) is 36.5 Å². The van der Waals surface area contributed by atoms with E-state index in [1.165, 1.54) is 0 Å². The van der Waals surface area contributed by atoms with Crippen LogP contribution in [0.4, 0.5) is 5.82 Å². The van der Waals surface area contributed by atoms with Gasteiger partial charge in [0, 0.05) is 24.8 Å². The molecular formula is C15H19N3O2. The fraction of sp³-hybridized carbons (Fsp3) is 0.333. The second-order valence-electron chi connectivity index (χ2n) is 4.75. The summed E-state index contributed by atoms with van der Waals surface area (Å²) in [4.78, 5) is 11.1. The molecule has 5 nitrogen and oxygen atoms in total. The summed E-state index contributed by atoms with van der Waals surface area (Å²) in [6, 6.07) is 9.23. The minimum absolute atomic E-state index is 0.321. The van der Waals surface area contributed by atoms with E-state index in [-0.39, 0.29) is 0 Å². The molecule has 2 N–H and O–H groups in total. The highest BCUT2D eigenvalue weighted by Crippen LogP contribution is 2.14. The van der Waals surface area contributed by atoms with Crippen LogP contribution in [0.25, 0.3) is 0 Å². The number of carboxylic acids is 1. The van der Waals surface area contributed by atoms with Gasteiger partial charge in [-0.15, -0.1) is 0 Å². The number of aromatic nitrogens is 2. The molecule has 0 fully saturated rings. The first kappa shape index (κ1) is 14.1. The van der Waals surface area contributed by atoms with Crippen LogP contribution in [-0.4, -0.2) is 20.9 Å². The first-order chi connectivity index (χ1) is 9.61. The summed E-state index contributed by atoms with van der Waals surface area (Å²) in [6.07, 6.45) is 2.95. The zero-order valence-electron chi connectivity index (χ0n) is 11.7. The van der Waals surface area contributed by atoms with Gasteiger partial charge in [0.15, 0.2) is 0 Å². The molecule has 0 saturated heterocycles. The number of carboxylic acid groups (broad SMARTS) is 1.